The number of nitrogens with one attached hydrogen (secondary N) is 2. The summed E-state index contributed by atoms with van der Waals surface area (Å²) in [5.41, 5.74) is 1.64. The molecule has 1 aromatic heterocycles. The van der Waals surface area contributed by atoms with Crippen molar-refractivity contribution in [2.75, 3.05) is 25.0 Å². The van der Waals surface area contributed by atoms with E-state index in [2.05, 4.69) is 15.6 Å². The maximum atomic E-state index is 11.1. The summed E-state index contributed by atoms with van der Waals surface area (Å²) in [7, 11) is 0. The van der Waals surface area contributed by atoms with E-state index in [1.807, 2.05) is 0 Å². The largest absolute Gasteiger partial charge is 0.383 e. The van der Waals surface area contributed by atoms with Gasteiger partial charge in [0.2, 0.25) is 0 Å². The van der Waals surface area contributed by atoms with Crippen molar-refractivity contribution in [3.05, 3.63) is 40.6 Å². The summed E-state index contributed by atoms with van der Waals surface area (Å²) < 4.78 is 0. The van der Waals surface area contributed by atoms with Crippen LogP contribution in [0.25, 0.3) is 10.9 Å². The molecule has 0 amide bonds. The second-order valence-corrected chi connectivity index (χ2v) is 5.36. The molecule has 6 heteroatoms. The molecule has 1 fully saturated rings. The van der Waals surface area contributed by atoms with Crippen LogP contribution in [0.4, 0.5) is 11.4 Å². The van der Waals surface area contributed by atoms with E-state index in [9.17, 15) is 10.1 Å². The number of aromatic nitrogens is 1. The summed E-state index contributed by atoms with van der Waals surface area (Å²) in [5.74, 6) is 0.639. The Morgan fingerprint density at radius 1 is 1.33 bits per heavy atom. The van der Waals surface area contributed by atoms with Crippen LogP contribution in [0.2, 0.25) is 0 Å². The molecule has 0 aliphatic carbocycles. The minimum absolute atomic E-state index is 0.102. The highest BCUT2D eigenvalue weighted by Crippen LogP contribution is 2.30. The Hall–Kier alpha value is -2.21. The number of benzene rings is 1. The maximum absolute atomic E-state index is 11.1. The van der Waals surface area contributed by atoms with Gasteiger partial charge in [-0.25, -0.2) is 0 Å². The second-order valence-electron chi connectivity index (χ2n) is 5.36. The van der Waals surface area contributed by atoms with Gasteiger partial charge in [-0.3, -0.25) is 15.1 Å². The number of hydrogen-bond acceptors (Lipinski definition) is 5. The van der Waals surface area contributed by atoms with Gasteiger partial charge in [-0.15, -0.1) is 0 Å². The summed E-state index contributed by atoms with van der Waals surface area (Å²) in [6.07, 6.45) is 3.98. The number of hydrogen-bond donors (Lipinski definition) is 2. The SMILES string of the molecule is O=[N+]([O-])c1ccc(NCC2CCNCC2)c2ncccc12. The lowest BCUT2D eigenvalue weighted by molar-refractivity contribution is -0.383. The van der Waals surface area contributed by atoms with Crippen molar-refractivity contribution < 1.29 is 4.92 Å². The maximum Gasteiger partial charge on any atom is 0.278 e. The third-order valence-electron chi connectivity index (χ3n) is 3.98. The zero-order valence-corrected chi connectivity index (χ0v) is 11.7. The predicted molar refractivity (Wildman–Crippen MR) is 82.5 cm³/mol. The fourth-order valence-corrected chi connectivity index (χ4v) is 2.80. The van der Waals surface area contributed by atoms with E-state index in [1.54, 1.807) is 30.5 Å². The number of piperidine rings is 1. The molecule has 110 valence electrons. The van der Waals surface area contributed by atoms with E-state index in [0.717, 1.165) is 38.2 Å². The Labute approximate surface area is 122 Å². The molecule has 0 atom stereocenters. The number of rotatable bonds is 4. The van der Waals surface area contributed by atoms with Crippen LogP contribution < -0.4 is 10.6 Å². The van der Waals surface area contributed by atoms with Crippen LogP contribution in [0.1, 0.15) is 12.8 Å². The molecule has 0 spiro atoms. The minimum atomic E-state index is -0.361. The minimum Gasteiger partial charge on any atom is -0.383 e. The fourth-order valence-electron chi connectivity index (χ4n) is 2.80. The van der Waals surface area contributed by atoms with Gasteiger partial charge in [-0.2, -0.15) is 0 Å². The van der Waals surface area contributed by atoms with Gasteiger partial charge in [0.15, 0.2) is 0 Å². The lowest BCUT2D eigenvalue weighted by Gasteiger charge is -2.23. The molecule has 1 aliphatic rings. The number of pyridine rings is 1. The molecule has 1 aliphatic heterocycles. The number of anilines is 1. The van der Waals surface area contributed by atoms with E-state index >= 15 is 0 Å². The molecule has 2 N–H and O–H groups in total. The standard InChI is InChI=1S/C15H18N4O2/c20-19(21)14-4-3-13(15-12(14)2-1-7-17-15)18-10-11-5-8-16-9-6-11/h1-4,7,11,16,18H,5-6,8-10H2. The van der Waals surface area contributed by atoms with E-state index in [4.69, 9.17) is 0 Å². The summed E-state index contributed by atoms with van der Waals surface area (Å²) in [6.45, 7) is 3.00. The molecule has 1 aromatic carbocycles. The van der Waals surface area contributed by atoms with Crippen molar-refractivity contribution in [3.8, 4) is 0 Å². The first kappa shape index (κ1) is 13.8. The van der Waals surface area contributed by atoms with Crippen LogP contribution in [0.5, 0.6) is 0 Å². The van der Waals surface area contributed by atoms with E-state index < -0.39 is 0 Å². The van der Waals surface area contributed by atoms with Crippen molar-refractivity contribution in [3.63, 3.8) is 0 Å². The zero-order chi connectivity index (χ0) is 14.7. The van der Waals surface area contributed by atoms with E-state index in [1.165, 1.54) is 0 Å². The lowest BCUT2D eigenvalue weighted by atomic mass is 9.98. The predicted octanol–water partition coefficient (Wildman–Crippen LogP) is 2.55. The average molecular weight is 286 g/mol. The first-order chi connectivity index (χ1) is 10.3. The van der Waals surface area contributed by atoms with E-state index in [0.29, 0.717) is 16.8 Å². The summed E-state index contributed by atoms with van der Waals surface area (Å²) in [4.78, 5) is 15.0. The van der Waals surface area contributed by atoms with Crippen molar-refractivity contribution in [1.82, 2.24) is 10.3 Å². The van der Waals surface area contributed by atoms with Crippen molar-refractivity contribution >= 4 is 22.3 Å². The molecule has 6 nitrogen and oxygen atoms in total. The average Bonchev–Trinajstić information content (AvgIpc) is 2.53. The molecule has 2 heterocycles. The smallest absolute Gasteiger partial charge is 0.278 e. The van der Waals surface area contributed by atoms with Gasteiger partial charge >= 0.3 is 0 Å². The normalized spacial score (nSPS) is 16.0. The number of nitro benzene ring substituents is 1. The Kier molecular flexibility index (Phi) is 3.96. The molecule has 0 saturated carbocycles. The van der Waals surface area contributed by atoms with Crippen LogP contribution >= 0.6 is 0 Å². The van der Waals surface area contributed by atoms with Gasteiger partial charge in [0.1, 0.15) is 5.52 Å². The molecular formula is C15H18N4O2. The highest BCUT2D eigenvalue weighted by atomic mass is 16.6. The van der Waals surface area contributed by atoms with Gasteiger partial charge in [0, 0.05) is 18.8 Å². The van der Waals surface area contributed by atoms with Crippen LogP contribution in [0, 0.1) is 16.0 Å². The summed E-state index contributed by atoms with van der Waals surface area (Å²) in [5, 5.41) is 18.4. The molecule has 3 rings (SSSR count). The second kappa shape index (κ2) is 6.05. The van der Waals surface area contributed by atoms with Gasteiger partial charge in [0.25, 0.3) is 5.69 Å². The Morgan fingerprint density at radius 3 is 2.90 bits per heavy atom. The molecular weight excluding hydrogens is 268 g/mol. The molecule has 21 heavy (non-hydrogen) atoms. The zero-order valence-electron chi connectivity index (χ0n) is 11.7. The Morgan fingerprint density at radius 2 is 2.14 bits per heavy atom. The fraction of sp³-hybridized carbons (Fsp3) is 0.400. The van der Waals surface area contributed by atoms with Gasteiger partial charge < -0.3 is 10.6 Å². The molecule has 2 aromatic rings. The quantitative estimate of drug-likeness (QED) is 0.667. The third-order valence-corrected chi connectivity index (χ3v) is 3.98. The highest BCUT2D eigenvalue weighted by Gasteiger charge is 2.16. The van der Waals surface area contributed by atoms with Crippen LogP contribution in [0.3, 0.4) is 0 Å². The van der Waals surface area contributed by atoms with Crippen LogP contribution in [0.15, 0.2) is 30.5 Å². The first-order valence-electron chi connectivity index (χ1n) is 7.22. The number of nitrogens with zero attached hydrogens (tertiary/aromatic N) is 2. The monoisotopic (exact) mass is 286 g/mol. The van der Waals surface area contributed by atoms with Crippen molar-refractivity contribution in [2.45, 2.75) is 12.8 Å². The van der Waals surface area contributed by atoms with Gasteiger partial charge in [-0.1, -0.05) is 0 Å². The highest BCUT2D eigenvalue weighted by molar-refractivity contribution is 5.96. The summed E-state index contributed by atoms with van der Waals surface area (Å²) in [6, 6.07) is 6.78. The first-order valence-corrected chi connectivity index (χ1v) is 7.22. The Bertz CT molecular complexity index is 653. The molecule has 0 bridgehead atoms. The third kappa shape index (κ3) is 2.95. The topological polar surface area (TPSA) is 80.1 Å². The van der Waals surface area contributed by atoms with Crippen molar-refractivity contribution in [2.24, 2.45) is 5.92 Å². The Balaban J connectivity index is 1.85. The van der Waals surface area contributed by atoms with Gasteiger partial charge in [0.05, 0.1) is 16.0 Å². The lowest BCUT2D eigenvalue weighted by Crippen LogP contribution is -2.31. The van der Waals surface area contributed by atoms with E-state index in [-0.39, 0.29) is 10.6 Å². The molecule has 0 unspecified atom stereocenters. The number of nitro groups is 1. The molecule has 0 radical (unpaired) electrons. The summed E-state index contributed by atoms with van der Waals surface area (Å²) >= 11 is 0. The van der Waals surface area contributed by atoms with Crippen molar-refractivity contribution in [1.29, 1.82) is 0 Å². The molecule has 1 saturated heterocycles. The number of non-ortho nitro benzene ring substituents is 1. The van der Waals surface area contributed by atoms with Gasteiger partial charge in [-0.05, 0) is 50.0 Å². The number of fused-ring (bicyclic) bond motifs is 1. The van der Waals surface area contributed by atoms with Crippen LogP contribution in [-0.4, -0.2) is 29.5 Å². The van der Waals surface area contributed by atoms with Crippen LogP contribution in [-0.2, 0) is 0 Å².